The Hall–Kier alpha value is -0.160. The maximum atomic E-state index is 5.41. The van der Waals surface area contributed by atoms with Crippen molar-refractivity contribution in [1.82, 2.24) is 15.5 Å². The summed E-state index contributed by atoms with van der Waals surface area (Å²) < 4.78 is 5.41. The first kappa shape index (κ1) is 15.7. The number of hydrogen-bond donors (Lipinski definition) is 2. The summed E-state index contributed by atoms with van der Waals surface area (Å²) >= 11 is 0. The predicted octanol–water partition coefficient (Wildman–Crippen LogP) is 1.61. The molecule has 3 rings (SSSR count). The lowest BCUT2D eigenvalue weighted by Crippen LogP contribution is -2.47. The van der Waals surface area contributed by atoms with E-state index in [4.69, 9.17) is 4.74 Å². The van der Waals surface area contributed by atoms with Crippen LogP contribution in [0.3, 0.4) is 0 Å². The van der Waals surface area contributed by atoms with E-state index >= 15 is 0 Å². The number of hydrogen-bond acceptors (Lipinski definition) is 4. The zero-order valence-corrected chi connectivity index (χ0v) is 13.5. The molecule has 0 radical (unpaired) electrons. The van der Waals surface area contributed by atoms with Gasteiger partial charge in [0.05, 0.1) is 13.2 Å². The highest BCUT2D eigenvalue weighted by atomic mass is 16.5. The monoisotopic (exact) mass is 295 g/mol. The largest absolute Gasteiger partial charge is 0.379 e. The van der Waals surface area contributed by atoms with Gasteiger partial charge in [0.2, 0.25) is 0 Å². The quantitative estimate of drug-likeness (QED) is 0.730. The van der Waals surface area contributed by atoms with Gasteiger partial charge in [0.25, 0.3) is 0 Å². The van der Waals surface area contributed by atoms with Crippen molar-refractivity contribution >= 4 is 0 Å². The Balaban J connectivity index is 1.36. The summed E-state index contributed by atoms with van der Waals surface area (Å²) in [4.78, 5) is 2.54. The summed E-state index contributed by atoms with van der Waals surface area (Å²) in [6, 6.07) is 1.56. The molecule has 0 spiro atoms. The van der Waals surface area contributed by atoms with E-state index in [0.717, 1.165) is 44.3 Å². The van der Waals surface area contributed by atoms with Crippen LogP contribution in [0.4, 0.5) is 0 Å². The molecular formula is C17H33N3O. The topological polar surface area (TPSA) is 36.5 Å². The van der Waals surface area contributed by atoms with E-state index < -0.39 is 0 Å². The fourth-order valence-electron chi connectivity index (χ4n) is 4.39. The van der Waals surface area contributed by atoms with Crippen LogP contribution in [0.1, 0.15) is 44.9 Å². The first-order valence-corrected chi connectivity index (χ1v) is 9.20. The first-order valence-electron chi connectivity index (χ1n) is 9.20. The van der Waals surface area contributed by atoms with Gasteiger partial charge in [-0.25, -0.2) is 0 Å². The molecule has 4 nitrogen and oxygen atoms in total. The second-order valence-electron chi connectivity index (χ2n) is 7.02. The average molecular weight is 295 g/mol. The molecule has 21 heavy (non-hydrogen) atoms. The van der Waals surface area contributed by atoms with Gasteiger partial charge < -0.3 is 15.4 Å². The molecule has 122 valence electrons. The van der Waals surface area contributed by atoms with Crippen LogP contribution in [0, 0.1) is 5.92 Å². The van der Waals surface area contributed by atoms with Crippen molar-refractivity contribution in [2.75, 3.05) is 45.9 Å². The number of morpholine rings is 1. The van der Waals surface area contributed by atoms with Crippen LogP contribution in [0.5, 0.6) is 0 Å². The van der Waals surface area contributed by atoms with Gasteiger partial charge >= 0.3 is 0 Å². The highest BCUT2D eigenvalue weighted by molar-refractivity contribution is 4.91. The van der Waals surface area contributed by atoms with Crippen LogP contribution in [-0.4, -0.2) is 62.9 Å². The van der Waals surface area contributed by atoms with Gasteiger partial charge in [-0.2, -0.15) is 0 Å². The normalized spacial score (nSPS) is 35.1. The Kier molecular flexibility index (Phi) is 6.34. The summed E-state index contributed by atoms with van der Waals surface area (Å²) in [6.45, 7) is 7.75. The van der Waals surface area contributed by atoms with Gasteiger partial charge in [0.1, 0.15) is 0 Å². The number of nitrogens with one attached hydrogen (secondary N) is 2. The zero-order valence-electron chi connectivity index (χ0n) is 13.5. The molecular weight excluding hydrogens is 262 g/mol. The third-order valence-electron chi connectivity index (χ3n) is 5.60. The standard InChI is InChI=1S/C17H33N3O/c1-2-6-16(15(5-1)17-7-3-8-18-17)19-9-4-10-20-11-13-21-14-12-20/h15-19H,1-14H2. The van der Waals surface area contributed by atoms with Crippen molar-refractivity contribution < 1.29 is 4.74 Å². The van der Waals surface area contributed by atoms with Crippen molar-refractivity contribution in [3.8, 4) is 0 Å². The lowest BCUT2D eigenvalue weighted by Gasteiger charge is -2.36. The molecule has 0 aromatic heterocycles. The molecule has 1 aliphatic carbocycles. The molecule has 3 aliphatic rings. The minimum Gasteiger partial charge on any atom is -0.379 e. The lowest BCUT2D eigenvalue weighted by molar-refractivity contribution is 0.0372. The summed E-state index contributed by atoms with van der Waals surface area (Å²) in [5, 5.41) is 7.63. The minimum absolute atomic E-state index is 0.763. The second-order valence-corrected chi connectivity index (χ2v) is 7.02. The van der Waals surface area contributed by atoms with Gasteiger partial charge in [0, 0.05) is 25.2 Å². The molecule has 0 bridgehead atoms. The molecule has 1 saturated carbocycles. The Labute approximate surface area is 130 Å². The van der Waals surface area contributed by atoms with Crippen molar-refractivity contribution in [1.29, 1.82) is 0 Å². The fraction of sp³-hybridized carbons (Fsp3) is 1.00. The maximum absolute atomic E-state index is 5.41. The Morgan fingerprint density at radius 2 is 1.90 bits per heavy atom. The second kappa shape index (κ2) is 8.47. The van der Waals surface area contributed by atoms with E-state index in [9.17, 15) is 0 Å². The molecule has 0 aromatic rings. The summed E-state index contributed by atoms with van der Waals surface area (Å²) in [6.07, 6.45) is 9.74. The molecule has 0 amide bonds. The van der Waals surface area contributed by atoms with E-state index in [1.807, 2.05) is 0 Å². The predicted molar refractivity (Wildman–Crippen MR) is 86.6 cm³/mol. The van der Waals surface area contributed by atoms with Crippen LogP contribution in [-0.2, 0) is 4.74 Å². The van der Waals surface area contributed by atoms with Gasteiger partial charge in [-0.05, 0) is 57.7 Å². The van der Waals surface area contributed by atoms with Gasteiger partial charge in [0.15, 0.2) is 0 Å². The van der Waals surface area contributed by atoms with Crippen LogP contribution in [0.2, 0.25) is 0 Å². The number of rotatable bonds is 6. The molecule has 2 saturated heterocycles. The summed E-state index contributed by atoms with van der Waals surface area (Å²) in [7, 11) is 0. The highest BCUT2D eigenvalue weighted by Gasteiger charge is 2.32. The Bertz CT molecular complexity index is 288. The SMILES string of the molecule is C1CCC(C2CCCN2)C(NCCCN2CCOCC2)C1. The van der Waals surface area contributed by atoms with E-state index in [1.54, 1.807) is 0 Å². The fourth-order valence-corrected chi connectivity index (χ4v) is 4.39. The molecule has 2 N–H and O–H groups in total. The van der Waals surface area contributed by atoms with Crippen LogP contribution >= 0.6 is 0 Å². The molecule has 3 fully saturated rings. The van der Waals surface area contributed by atoms with Gasteiger partial charge in [-0.3, -0.25) is 4.90 Å². The average Bonchev–Trinajstić information content (AvgIpc) is 3.07. The van der Waals surface area contributed by atoms with Crippen molar-refractivity contribution in [2.24, 2.45) is 5.92 Å². The van der Waals surface area contributed by atoms with Crippen molar-refractivity contribution in [2.45, 2.75) is 57.0 Å². The zero-order chi connectivity index (χ0) is 14.3. The van der Waals surface area contributed by atoms with Crippen LogP contribution in [0.15, 0.2) is 0 Å². The molecule has 3 atom stereocenters. The van der Waals surface area contributed by atoms with Crippen LogP contribution < -0.4 is 10.6 Å². The number of nitrogens with zero attached hydrogens (tertiary/aromatic N) is 1. The van der Waals surface area contributed by atoms with Gasteiger partial charge in [-0.15, -0.1) is 0 Å². The Morgan fingerprint density at radius 3 is 2.71 bits per heavy atom. The molecule has 0 aromatic carbocycles. The van der Waals surface area contributed by atoms with Crippen molar-refractivity contribution in [3.05, 3.63) is 0 Å². The van der Waals surface area contributed by atoms with Crippen LogP contribution in [0.25, 0.3) is 0 Å². The smallest absolute Gasteiger partial charge is 0.0594 e. The van der Waals surface area contributed by atoms with Crippen molar-refractivity contribution in [3.63, 3.8) is 0 Å². The minimum atomic E-state index is 0.763. The maximum Gasteiger partial charge on any atom is 0.0594 e. The molecule has 2 heterocycles. The van der Waals surface area contributed by atoms with E-state index in [1.165, 1.54) is 64.6 Å². The van der Waals surface area contributed by atoms with E-state index in [0.29, 0.717) is 0 Å². The lowest BCUT2D eigenvalue weighted by atomic mass is 9.79. The molecule has 4 heteroatoms. The summed E-state index contributed by atoms with van der Waals surface area (Å²) in [5.41, 5.74) is 0. The highest BCUT2D eigenvalue weighted by Crippen LogP contribution is 2.30. The van der Waals surface area contributed by atoms with E-state index in [2.05, 4.69) is 15.5 Å². The van der Waals surface area contributed by atoms with E-state index in [-0.39, 0.29) is 0 Å². The Morgan fingerprint density at radius 1 is 1.05 bits per heavy atom. The van der Waals surface area contributed by atoms with Gasteiger partial charge in [-0.1, -0.05) is 12.8 Å². The third kappa shape index (κ3) is 4.65. The first-order chi connectivity index (χ1) is 10.4. The third-order valence-corrected chi connectivity index (χ3v) is 5.60. The molecule has 3 unspecified atom stereocenters. The summed E-state index contributed by atoms with van der Waals surface area (Å²) in [5.74, 6) is 0.879. The number of ether oxygens (including phenoxy) is 1. The molecule has 2 aliphatic heterocycles.